The number of hydrogen-bond donors (Lipinski definition) is 1. The van der Waals surface area contributed by atoms with Crippen LogP contribution in [0.15, 0.2) is 65.8 Å². The van der Waals surface area contributed by atoms with Gasteiger partial charge >= 0.3 is 0 Å². The first-order valence-corrected chi connectivity index (χ1v) is 9.17. The van der Waals surface area contributed by atoms with Gasteiger partial charge in [0.2, 0.25) is 10.0 Å². The molecule has 0 radical (unpaired) electrons. The van der Waals surface area contributed by atoms with Crippen LogP contribution in [0.4, 0.5) is 5.69 Å². The molecular weight excluding hydrogens is 326 g/mol. The van der Waals surface area contributed by atoms with Crippen molar-refractivity contribution < 1.29 is 13.2 Å². The lowest BCUT2D eigenvalue weighted by Gasteiger charge is -2.27. The van der Waals surface area contributed by atoms with Gasteiger partial charge < -0.3 is 0 Å². The number of nitrogens with one attached hydrogen (secondary N) is 1. The Hall–Kier alpha value is -2.67. The third-order valence-corrected chi connectivity index (χ3v) is 4.53. The Balaban J connectivity index is 2.13. The largest absolute Gasteiger partial charge is 0.271 e. The first-order chi connectivity index (χ1) is 11.4. The summed E-state index contributed by atoms with van der Waals surface area (Å²) in [5, 5.41) is 3.87. The fourth-order valence-corrected chi connectivity index (χ4v) is 3.36. The van der Waals surface area contributed by atoms with Crippen molar-refractivity contribution in [2.45, 2.75) is 13.0 Å². The fraction of sp³-hybridized carbons (Fsp3) is 0.176. The average Bonchev–Trinajstić information content (AvgIpc) is 2.55. The molecule has 0 saturated carbocycles. The lowest BCUT2D eigenvalue weighted by Crippen LogP contribution is -2.46. The van der Waals surface area contributed by atoms with Crippen LogP contribution in [0, 0.1) is 0 Å². The number of sulfonamides is 1. The van der Waals surface area contributed by atoms with Gasteiger partial charge in [0.25, 0.3) is 5.91 Å². The van der Waals surface area contributed by atoms with E-state index < -0.39 is 22.0 Å². The average molecular weight is 345 g/mol. The summed E-state index contributed by atoms with van der Waals surface area (Å²) in [5.74, 6) is -0.517. The van der Waals surface area contributed by atoms with Crippen molar-refractivity contribution >= 4 is 27.8 Å². The Morgan fingerprint density at radius 2 is 1.62 bits per heavy atom. The minimum Gasteiger partial charge on any atom is -0.271 e. The summed E-state index contributed by atoms with van der Waals surface area (Å²) in [6.07, 6.45) is 2.56. The van der Waals surface area contributed by atoms with E-state index >= 15 is 0 Å². The molecule has 0 saturated heterocycles. The van der Waals surface area contributed by atoms with Crippen molar-refractivity contribution in [3.8, 4) is 0 Å². The zero-order valence-electron chi connectivity index (χ0n) is 13.5. The molecule has 0 aliphatic rings. The van der Waals surface area contributed by atoms with E-state index in [1.807, 2.05) is 30.3 Å². The molecular formula is C17H19N3O3S. The molecule has 0 aliphatic heterocycles. The summed E-state index contributed by atoms with van der Waals surface area (Å²) in [5.41, 5.74) is 3.63. The zero-order valence-corrected chi connectivity index (χ0v) is 14.3. The molecule has 0 aliphatic carbocycles. The number of carbonyl (C=O) groups is 1. The van der Waals surface area contributed by atoms with Crippen LogP contribution in [0.25, 0.3) is 0 Å². The zero-order chi connectivity index (χ0) is 17.6. The highest BCUT2D eigenvalue weighted by atomic mass is 32.2. The normalized spacial score (nSPS) is 12.8. The second-order valence-electron chi connectivity index (χ2n) is 5.22. The molecule has 0 unspecified atom stereocenters. The number of hydrazone groups is 1. The summed E-state index contributed by atoms with van der Waals surface area (Å²) < 4.78 is 25.2. The summed E-state index contributed by atoms with van der Waals surface area (Å²) in [4.78, 5) is 12.3. The Bertz CT molecular complexity index is 805. The van der Waals surface area contributed by atoms with Crippen molar-refractivity contribution in [1.82, 2.24) is 5.43 Å². The van der Waals surface area contributed by atoms with Gasteiger partial charge in [-0.15, -0.1) is 0 Å². The van der Waals surface area contributed by atoms with E-state index in [0.29, 0.717) is 5.69 Å². The predicted molar refractivity (Wildman–Crippen MR) is 95.4 cm³/mol. The number of carbonyl (C=O) groups excluding carboxylic acids is 1. The van der Waals surface area contributed by atoms with Gasteiger partial charge in [0.15, 0.2) is 0 Å². The molecule has 1 amide bonds. The van der Waals surface area contributed by atoms with Crippen molar-refractivity contribution in [3.63, 3.8) is 0 Å². The van der Waals surface area contributed by atoms with E-state index in [-0.39, 0.29) is 0 Å². The van der Waals surface area contributed by atoms with Crippen LogP contribution in [0.2, 0.25) is 0 Å². The number of anilines is 1. The summed E-state index contributed by atoms with van der Waals surface area (Å²) in [6.45, 7) is 1.52. The third kappa shape index (κ3) is 4.66. The molecule has 0 heterocycles. The highest BCUT2D eigenvalue weighted by molar-refractivity contribution is 7.92. The maximum absolute atomic E-state index is 12.3. The Morgan fingerprint density at radius 3 is 2.17 bits per heavy atom. The van der Waals surface area contributed by atoms with Gasteiger partial charge in [0.1, 0.15) is 6.04 Å². The number of benzene rings is 2. The van der Waals surface area contributed by atoms with Crippen LogP contribution >= 0.6 is 0 Å². The number of nitrogens with zero attached hydrogens (tertiary/aromatic N) is 2. The summed E-state index contributed by atoms with van der Waals surface area (Å²) >= 11 is 0. The standard InChI is InChI=1S/C17H19N3O3S/c1-14(17(21)19-18-13-15-9-5-3-6-10-15)20(24(2,22)23)16-11-7-4-8-12-16/h3-14H,1-2H3,(H,19,21)/b18-13-/t14-/m0/s1. The maximum atomic E-state index is 12.3. The van der Waals surface area contributed by atoms with E-state index in [2.05, 4.69) is 10.5 Å². The van der Waals surface area contributed by atoms with Gasteiger partial charge in [-0.3, -0.25) is 9.10 Å². The fourth-order valence-electron chi connectivity index (χ4n) is 2.19. The molecule has 0 aromatic heterocycles. The minimum absolute atomic E-state index is 0.426. The highest BCUT2D eigenvalue weighted by Crippen LogP contribution is 2.20. The Morgan fingerprint density at radius 1 is 1.08 bits per heavy atom. The molecule has 0 spiro atoms. The lowest BCUT2D eigenvalue weighted by molar-refractivity contribution is -0.121. The SMILES string of the molecule is C[C@@H](C(=O)N/N=C\c1ccccc1)N(c1ccccc1)S(C)(=O)=O. The monoisotopic (exact) mass is 345 g/mol. The van der Waals surface area contributed by atoms with Crippen molar-refractivity contribution in [2.75, 3.05) is 10.6 Å². The molecule has 0 fully saturated rings. The van der Waals surface area contributed by atoms with Crippen molar-refractivity contribution in [2.24, 2.45) is 5.10 Å². The lowest BCUT2D eigenvalue weighted by atomic mass is 10.2. The predicted octanol–water partition coefficient (Wildman–Crippen LogP) is 1.99. The second-order valence-corrected chi connectivity index (χ2v) is 7.07. The van der Waals surface area contributed by atoms with Crippen molar-refractivity contribution in [1.29, 1.82) is 0 Å². The smallest absolute Gasteiger partial charge is 0.263 e. The van der Waals surface area contributed by atoms with E-state index in [4.69, 9.17) is 0 Å². The minimum atomic E-state index is -3.62. The van der Waals surface area contributed by atoms with Gasteiger partial charge in [-0.1, -0.05) is 48.5 Å². The van der Waals surface area contributed by atoms with E-state index in [9.17, 15) is 13.2 Å². The van der Waals surface area contributed by atoms with Gasteiger partial charge in [-0.25, -0.2) is 13.8 Å². The van der Waals surface area contributed by atoms with Crippen LogP contribution in [-0.2, 0) is 14.8 Å². The van der Waals surface area contributed by atoms with Gasteiger partial charge in [0, 0.05) is 0 Å². The number of rotatable bonds is 6. The van der Waals surface area contributed by atoms with Gasteiger partial charge in [-0.05, 0) is 24.6 Å². The molecule has 1 N–H and O–H groups in total. The van der Waals surface area contributed by atoms with E-state index in [1.165, 1.54) is 13.1 Å². The van der Waals surface area contributed by atoms with Crippen LogP contribution < -0.4 is 9.73 Å². The molecule has 2 rings (SSSR count). The molecule has 1 atom stereocenters. The quantitative estimate of drug-likeness (QED) is 0.642. The third-order valence-electron chi connectivity index (χ3n) is 3.29. The Kier molecular flexibility index (Phi) is 5.70. The summed E-state index contributed by atoms with van der Waals surface area (Å²) in [7, 11) is -3.62. The molecule has 7 heteroatoms. The molecule has 2 aromatic rings. The number of hydrogen-bond acceptors (Lipinski definition) is 4. The molecule has 0 bridgehead atoms. The molecule has 6 nitrogen and oxygen atoms in total. The molecule has 2 aromatic carbocycles. The van der Waals surface area contributed by atoms with E-state index in [0.717, 1.165) is 16.1 Å². The molecule has 126 valence electrons. The van der Waals surface area contributed by atoms with Crippen molar-refractivity contribution in [3.05, 3.63) is 66.2 Å². The summed E-state index contributed by atoms with van der Waals surface area (Å²) in [6, 6.07) is 16.8. The second kappa shape index (κ2) is 7.74. The van der Waals surface area contributed by atoms with E-state index in [1.54, 1.807) is 30.3 Å². The number of amides is 1. The Labute approximate surface area is 141 Å². The first kappa shape index (κ1) is 17.7. The highest BCUT2D eigenvalue weighted by Gasteiger charge is 2.28. The topological polar surface area (TPSA) is 78.8 Å². The van der Waals surface area contributed by atoms with Crippen LogP contribution in [0.1, 0.15) is 12.5 Å². The van der Waals surface area contributed by atoms with Crippen LogP contribution in [0.3, 0.4) is 0 Å². The first-order valence-electron chi connectivity index (χ1n) is 7.32. The number of para-hydroxylation sites is 1. The van der Waals surface area contributed by atoms with Gasteiger partial charge in [-0.2, -0.15) is 5.10 Å². The maximum Gasteiger partial charge on any atom is 0.263 e. The van der Waals surface area contributed by atoms with Crippen LogP contribution in [-0.4, -0.2) is 32.8 Å². The van der Waals surface area contributed by atoms with Gasteiger partial charge in [0.05, 0.1) is 18.2 Å². The van der Waals surface area contributed by atoms with Crippen LogP contribution in [0.5, 0.6) is 0 Å². The molecule has 24 heavy (non-hydrogen) atoms.